The number of aromatic nitrogens is 1. The van der Waals surface area contributed by atoms with E-state index in [1.807, 2.05) is 0 Å². The van der Waals surface area contributed by atoms with E-state index >= 15 is 0 Å². The number of methoxy groups -OCH3 is 1. The molecule has 2 heterocycles. The van der Waals surface area contributed by atoms with Gasteiger partial charge in [-0.25, -0.2) is 0 Å². The highest BCUT2D eigenvalue weighted by Crippen LogP contribution is 2.22. The van der Waals surface area contributed by atoms with Gasteiger partial charge in [0.15, 0.2) is 0 Å². The Hall–Kier alpha value is -2.28. The zero-order chi connectivity index (χ0) is 14.0. The Balaban J connectivity index is 2.17. The summed E-state index contributed by atoms with van der Waals surface area (Å²) in [6.45, 7) is -0.0881. The molecule has 7 heteroatoms. The fourth-order valence-electron chi connectivity index (χ4n) is 1.92. The number of carboxylic acid groups (broad SMARTS) is 1. The molecule has 1 aliphatic heterocycles. The molecule has 0 saturated heterocycles. The van der Waals surface area contributed by atoms with Crippen LogP contribution >= 0.6 is 0 Å². The highest BCUT2D eigenvalue weighted by molar-refractivity contribution is 6.21. The number of fused-ring (bicyclic) bond motifs is 1. The van der Waals surface area contributed by atoms with Gasteiger partial charge in [0.25, 0.3) is 11.8 Å². The molecule has 100 valence electrons. The number of imide groups is 1. The van der Waals surface area contributed by atoms with Crippen molar-refractivity contribution in [3.8, 4) is 0 Å². The quantitative estimate of drug-likeness (QED) is 0.761. The fourth-order valence-corrected chi connectivity index (χ4v) is 1.92. The number of ether oxygens (including phenoxy) is 1. The molecule has 19 heavy (non-hydrogen) atoms. The van der Waals surface area contributed by atoms with Crippen LogP contribution in [0, 0.1) is 0 Å². The van der Waals surface area contributed by atoms with Crippen LogP contribution in [0.5, 0.6) is 0 Å². The molecule has 2 rings (SSSR count). The summed E-state index contributed by atoms with van der Waals surface area (Å²) in [6.07, 6.45) is 1.75. The second-order valence-electron chi connectivity index (χ2n) is 4.10. The molecule has 0 saturated carbocycles. The number of hydrogen-bond donors (Lipinski definition) is 1. The Labute approximate surface area is 108 Å². The van der Waals surface area contributed by atoms with Gasteiger partial charge >= 0.3 is 5.97 Å². The maximum Gasteiger partial charge on any atom is 0.306 e. The van der Waals surface area contributed by atoms with E-state index in [0.29, 0.717) is 0 Å². The molecule has 1 aliphatic rings. The highest BCUT2D eigenvalue weighted by Gasteiger charge is 2.37. The molecule has 0 fully saturated rings. The number of carbonyl (C=O) groups is 3. The van der Waals surface area contributed by atoms with Crippen LogP contribution in [-0.2, 0) is 9.53 Å². The van der Waals surface area contributed by atoms with Crippen LogP contribution in [0.4, 0.5) is 0 Å². The summed E-state index contributed by atoms with van der Waals surface area (Å²) in [6, 6.07) is 1.47. The molecule has 1 aromatic heterocycles. The molecule has 0 bridgehead atoms. The van der Waals surface area contributed by atoms with E-state index in [1.54, 1.807) is 0 Å². The first kappa shape index (κ1) is 13.2. The van der Waals surface area contributed by atoms with Gasteiger partial charge in [0.05, 0.1) is 30.2 Å². The second kappa shape index (κ2) is 5.15. The SMILES string of the molecule is COC(CC(=O)O)CN1C(=O)c2ccncc2C1=O. The molecule has 7 nitrogen and oxygen atoms in total. The van der Waals surface area contributed by atoms with Gasteiger partial charge in [0.2, 0.25) is 0 Å². The largest absolute Gasteiger partial charge is 0.481 e. The first-order chi connectivity index (χ1) is 9.04. The minimum Gasteiger partial charge on any atom is -0.481 e. The van der Waals surface area contributed by atoms with Crippen molar-refractivity contribution < 1.29 is 24.2 Å². The molecule has 0 radical (unpaired) electrons. The van der Waals surface area contributed by atoms with Gasteiger partial charge in [0.1, 0.15) is 0 Å². The number of carbonyl (C=O) groups excluding carboxylic acids is 2. The first-order valence-electron chi connectivity index (χ1n) is 5.59. The van der Waals surface area contributed by atoms with Crippen molar-refractivity contribution in [2.45, 2.75) is 12.5 Å². The van der Waals surface area contributed by atoms with Gasteiger partial charge in [0, 0.05) is 19.5 Å². The van der Waals surface area contributed by atoms with E-state index in [0.717, 1.165) is 4.90 Å². The van der Waals surface area contributed by atoms with Crippen molar-refractivity contribution in [2.75, 3.05) is 13.7 Å². The van der Waals surface area contributed by atoms with E-state index < -0.39 is 23.9 Å². The van der Waals surface area contributed by atoms with Crippen LogP contribution in [-0.4, -0.2) is 52.5 Å². The summed E-state index contributed by atoms with van der Waals surface area (Å²) in [7, 11) is 1.34. The molecule has 1 unspecified atom stereocenters. The number of aliphatic carboxylic acids is 1. The fraction of sp³-hybridized carbons (Fsp3) is 0.333. The molecular formula is C12H12N2O5. The topological polar surface area (TPSA) is 96.8 Å². The third-order valence-electron chi connectivity index (χ3n) is 2.89. The van der Waals surface area contributed by atoms with E-state index in [4.69, 9.17) is 9.84 Å². The van der Waals surface area contributed by atoms with Crippen molar-refractivity contribution in [3.05, 3.63) is 29.6 Å². The summed E-state index contributed by atoms with van der Waals surface area (Å²) in [5, 5.41) is 8.72. The first-order valence-corrected chi connectivity index (χ1v) is 5.59. The van der Waals surface area contributed by atoms with E-state index in [2.05, 4.69) is 4.98 Å². The van der Waals surface area contributed by atoms with Crippen molar-refractivity contribution in [2.24, 2.45) is 0 Å². The third-order valence-corrected chi connectivity index (χ3v) is 2.89. The molecule has 1 atom stereocenters. The van der Waals surface area contributed by atoms with Crippen molar-refractivity contribution in [1.82, 2.24) is 9.88 Å². The lowest BCUT2D eigenvalue weighted by molar-refractivity contribution is -0.139. The van der Waals surface area contributed by atoms with Crippen LogP contribution in [0.15, 0.2) is 18.5 Å². The monoisotopic (exact) mass is 264 g/mol. The van der Waals surface area contributed by atoms with E-state index in [9.17, 15) is 14.4 Å². The molecule has 0 aromatic carbocycles. The number of amides is 2. The van der Waals surface area contributed by atoms with E-state index in [1.165, 1.54) is 25.6 Å². The number of nitrogens with zero attached hydrogens (tertiary/aromatic N) is 2. The van der Waals surface area contributed by atoms with Gasteiger partial charge in [-0.1, -0.05) is 0 Å². The Morgan fingerprint density at radius 2 is 2.11 bits per heavy atom. The maximum atomic E-state index is 12.0. The third kappa shape index (κ3) is 2.45. The minimum absolute atomic E-state index is 0.0881. The van der Waals surface area contributed by atoms with Crippen LogP contribution in [0.1, 0.15) is 27.1 Å². The summed E-state index contributed by atoms with van der Waals surface area (Å²) in [5.41, 5.74) is 0.517. The summed E-state index contributed by atoms with van der Waals surface area (Å²) in [4.78, 5) is 39.5. The number of rotatable bonds is 5. The number of pyridine rings is 1. The summed E-state index contributed by atoms with van der Waals surface area (Å²) >= 11 is 0. The smallest absolute Gasteiger partial charge is 0.306 e. The summed E-state index contributed by atoms with van der Waals surface area (Å²) in [5.74, 6) is -1.97. The molecule has 0 aliphatic carbocycles. The lowest BCUT2D eigenvalue weighted by Gasteiger charge is -2.19. The number of hydrogen-bond acceptors (Lipinski definition) is 5. The molecule has 2 amide bonds. The molecule has 0 spiro atoms. The van der Waals surface area contributed by atoms with Crippen LogP contribution in [0.25, 0.3) is 0 Å². The van der Waals surface area contributed by atoms with Crippen LogP contribution in [0.2, 0.25) is 0 Å². The predicted octanol–water partition coefficient (Wildman–Crippen LogP) is 0.167. The van der Waals surface area contributed by atoms with Crippen molar-refractivity contribution in [3.63, 3.8) is 0 Å². The Morgan fingerprint density at radius 3 is 2.68 bits per heavy atom. The van der Waals surface area contributed by atoms with Gasteiger partial charge in [-0.15, -0.1) is 0 Å². The standard InChI is InChI=1S/C12H12N2O5/c1-19-7(4-10(15)16)6-14-11(17)8-2-3-13-5-9(8)12(14)18/h2-3,5,7H,4,6H2,1H3,(H,15,16). The summed E-state index contributed by atoms with van der Waals surface area (Å²) < 4.78 is 4.98. The van der Waals surface area contributed by atoms with Crippen molar-refractivity contribution in [1.29, 1.82) is 0 Å². The molecule has 1 aromatic rings. The number of carboxylic acids is 1. The maximum absolute atomic E-state index is 12.0. The Bertz CT molecular complexity index is 508. The van der Waals surface area contributed by atoms with Gasteiger partial charge < -0.3 is 9.84 Å². The van der Waals surface area contributed by atoms with Gasteiger partial charge in [-0.05, 0) is 6.07 Å². The zero-order valence-electron chi connectivity index (χ0n) is 10.2. The highest BCUT2D eigenvalue weighted by atomic mass is 16.5. The normalized spacial score (nSPS) is 15.5. The van der Waals surface area contributed by atoms with Crippen LogP contribution in [0.3, 0.4) is 0 Å². The van der Waals surface area contributed by atoms with E-state index in [-0.39, 0.29) is 24.1 Å². The molecule has 1 N–H and O–H groups in total. The Morgan fingerprint density at radius 1 is 1.42 bits per heavy atom. The average Bonchev–Trinajstić information content (AvgIpc) is 2.63. The molecular weight excluding hydrogens is 252 g/mol. The van der Waals surface area contributed by atoms with Gasteiger partial charge in [-0.3, -0.25) is 24.3 Å². The average molecular weight is 264 g/mol. The lowest BCUT2D eigenvalue weighted by Crippen LogP contribution is -2.38. The minimum atomic E-state index is -1.05. The van der Waals surface area contributed by atoms with Crippen molar-refractivity contribution >= 4 is 17.8 Å². The Kier molecular flexibility index (Phi) is 3.57. The lowest BCUT2D eigenvalue weighted by atomic mass is 10.2. The van der Waals surface area contributed by atoms with Crippen LogP contribution < -0.4 is 0 Å². The van der Waals surface area contributed by atoms with Gasteiger partial charge in [-0.2, -0.15) is 0 Å². The zero-order valence-corrected chi connectivity index (χ0v) is 10.2. The second-order valence-corrected chi connectivity index (χ2v) is 4.10. The predicted molar refractivity (Wildman–Crippen MR) is 62.7 cm³/mol.